The first-order valence-electron chi connectivity index (χ1n) is 10.6. The van der Waals surface area contributed by atoms with Crippen molar-refractivity contribution in [2.45, 2.75) is 51.3 Å². The van der Waals surface area contributed by atoms with E-state index in [1.807, 2.05) is 48.5 Å². The van der Waals surface area contributed by atoms with E-state index in [9.17, 15) is 14.9 Å². The Morgan fingerprint density at radius 2 is 1.81 bits per heavy atom. The van der Waals surface area contributed by atoms with Crippen LogP contribution in [0, 0.1) is 11.3 Å². The second-order valence-electron chi connectivity index (χ2n) is 9.12. The molecule has 3 N–H and O–H groups in total. The summed E-state index contributed by atoms with van der Waals surface area (Å²) < 4.78 is 5.27. The smallest absolute Gasteiger partial charge is 0.408 e. The molecule has 4 rings (SSSR count). The predicted octanol–water partition coefficient (Wildman–Crippen LogP) is 4.38. The SMILES string of the molecule is CC(C)(C)OC(=O)NC1(C(=O)NCc2ccc(-c3c(C#N)[nH]c4ccccc34)cc2)CC1. The second kappa shape index (κ2) is 8.04. The molecule has 0 atom stereocenters. The normalized spacial score (nSPS) is 14.4. The van der Waals surface area contributed by atoms with Crippen molar-refractivity contribution >= 4 is 22.9 Å². The quantitative estimate of drug-likeness (QED) is 0.558. The van der Waals surface area contributed by atoms with Crippen molar-refractivity contribution in [2.75, 3.05) is 0 Å². The first kappa shape index (κ1) is 21.4. The lowest BCUT2D eigenvalue weighted by Gasteiger charge is -2.23. The van der Waals surface area contributed by atoms with Crippen molar-refractivity contribution in [3.8, 4) is 17.2 Å². The monoisotopic (exact) mass is 430 g/mol. The van der Waals surface area contributed by atoms with E-state index in [-0.39, 0.29) is 5.91 Å². The van der Waals surface area contributed by atoms with Crippen LogP contribution in [0.2, 0.25) is 0 Å². The first-order chi connectivity index (χ1) is 15.2. The summed E-state index contributed by atoms with van der Waals surface area (Å²) in [5, 5.41) is 16.1. The van der Waals surface area contributed by atoms with Crippen molar-refractivity contribution in [1.29, 1.82) is 5.26 Å². The molecule has 1 fully saturated rings. The maximum absolute atomic E-state index is 12.7. The molecule has 32 heavy (non-hydrogen) atoms. The fraction of sp³-hybridized carbons (Fsp3) is 0.320. The van der Waals surface area contributed by atoms with Gasteiger partial charge in [0.1, 0.15) is 22.9 Å². The number of amides is 2. The average Bonchev–Trinajstić information content (AvgIpc) is 3.42. The van der Waals surface area contributed by atoms with Crippen LogP contribution in [0.3, 0.4) is 0 Å². The number of nitrogens with zero attached hydrogens (tertiary/aromatic N) is 1. The number of aromatic nitrogens is 1. The molecule has 1 aromatic heterocycles. The van der Waals surface area contributed by atoms with Gasteiger partial charge in [-0.3, -0.25) is 4.79 Å². The molecular weight excluding hydrogens is 404 g/mol. The zero-order valence-electron chi connectivity index (χ0n) is 18.4. The van der Waals surface area contributed by atoms with Crippen molar-refractivity contribution in [3.63, 3.8) is 0 Å². The molecule has 7 heteroatoms. The largest absolute Gasteiger partial charge is 0.444 e. The molecular formula is C25H26N4O3. The minimum atomic E-state index is -0.881. The van der Waals surface area contributed by atoms with Gasteiger partial charge < -0.3 is 20.4 Å². The van der Waals surface area contributed by atoms with E-state index in [0.29, 0.717) is 25.1 Å². The van der Waals surface area contributed by atoms with Gasteiger partial charge in [0, 0.05) is 23.0 Å². The Morgan fingerprint density at radius 1 is 1.12 bits per heavy atom. The van der Waals surface area contributed by atoms with Crippen LogP contribution in [-0.2, 0) is 16.1 Å². The third-order valence-electron chi connectivity index (χ3n) is 5.44. The molecule has 0 radical (unpaired) electrons. The Labute approximate surface area is 186 Å². The van der Waals surface area contributed by atoms with Crippen LogP contribution in [0.1, 0.15) is 44.9 Å². The lowest BCUT2D eigenvalue weighted by Crippen LogP contribution is -2.50. The average molecular weight is 431 g/mol. The predicted molar refractivity (Wildman–Crippen MR) is 122 cm³/mol. The molecule has 2 amide bonds. The Morgan fingerprint density at radius 3 is 2.44 bits per heavy atom. The van der Waals surface area contributed by atoms with Crippen molar-refractivity contribution in [3.05, 3.63) is 59.8 Å². The van der Waals surface area contributed by atoms with Gasteiger partial charge in [-0.25, -0.2) is 4.79 Å². The van der Waals surface area contributed by atoms with Gasteiger partial charge in [0.2, 0.25) is 5.91 Å². The van der Waals surface area contributed by atoms with Crippen molar-refractivity contribution in [1.82, 2.24) is 15.6 Å². The molecule has 2 aromatic carbocycles. The van der Waals surface area contributed by atoms with Gasteiger partial charge in [0.15, 0.2) is 0 Å². The van der Waals surface area contributed by atoms with Crippen LogP contribution in [0.15, 0.2) is 48.5 Å². The summed E-state index contributed by atoms with van der Waals surface area (Å²) in [6.45, 7) is 5.69. The number of ether oxygens (including phenoxy) is 1. The van der Waals surface area contributed by atoms with E-state index in [0.717, 1.165) is 27.6 Å². The number of benzene rings is 2. The van der Waals surface area contributed by atoms with Gasteiger partial charge in [-0.15, -0.1) is 0 Å². The van der Waals surface area contributed by atoms with Crippen LogP contribution in [0.4, 0.5) is 4.79 Å². The number of H-pyrrole nitrogens is 1. The molecule has 1 aliphatic carbocycles. The number of hydrogen-bond acceptors (Lipinski definition) is 4. The number of para-hydroxylation sites is 1. The molecule has 0 aliphatic heterocycles. The highest BCUT2D eigenvalue weighted by atomic mass is 16.6. The lowest BCUT2D eigenvalue weighted by molar-refractivity contribution is -0.124. The van der Waals surface area contributed by atoms with Crippen molar-refractivity contribution < 1.29 is 14.3 Å². The molecule has 3 aromatic rings. The Balaban J connectivity index is 1.42. The summed E-state index contributed by atoms with van der Waals surface area (Å²) >= 11 is 0. The molecule has 1 aliphatic rings. The van der Waals surface area contributed by atoms with E-state index in [1.54, 1.807) is 20.8 Å². The number of nitrogens with one attached hydrogen (secondary N) is 3. The van der Waals surface area contributed by atoms with Crippen LogP contribution in [0.5, 0.6) is 0 Å². The topological polar surface area (TPSA) is 107 Å². The van der Waals surface area contributed by atoms with Crippen LogP contribution < -0.4 is 10.6 Å². The van der Waals surface area contributed by atoms with E-state index < -0.39 is 17.2 Å². The minimum Gasteiger partial charge on any atom is -0.444 e. The van der Waals surface area contributed by atoms with Crippen LogP contribution >= 0.6 is 0 Å². The third-order valence-corrected chi connectivity index (χ3v) is 5.44. The molecule has 1 saturated carbocycles. The Hall–Kier alpha value is -3.79. The zero-order chi connectivity index (χ0) is 22.9. The van der Waals surface area contributed by atoms with Crippen LogP contribution in [0.25, 0.3) is 22.0 Å². The molecule has 7 nitrogen and oxygen atoms in total. The highest BCUT2D eigenvalue weighted by Crippen LogP contribution is 2.36. The van der Waals surface area contributed by atoms with E-state index in [4.69, 9.17) is 4.74 Å². The van der Waals surface area contributed by atoms with Gasteiger partial charge in [-0.2, -0.15) is 5.26 Å². The van der Waals surface area contributed by atoms with E-state index >= 15 is 0 Å². The summed E-state index contributed by atoms with van der Waals surface area (Å²) in [6, 6.07) is 17.8. The van der Waals surface area contributed by atoms with Gasteiger partial charge in [0.25, 0.3) is 0 Å². The maximum Gasteiger partial charge on any atom is 0.408 e. The molecule has 0 bridgehead atoms. The van der Waals surface area contributed by atoms with Gasteiger partial charge in [-0.1, -0.05) is 42.5 Å². The number of aromatic amines is 1. The summed E-state index contributed by atoms with van der Waals surface area (Å²) in [7, 11) is 0. The highest BCUT2D eigenvalue weighted by molar-refractivity contribution is 5.98. The van der Waals surface area contributed by atoms with Crippen molar-refractivity contribution in [2.24, 2.45) is 0 Å². The molecule has 0 unspecified atom stereocenters. The summed E-state index contributed by atoms with van der Waals surface area (Å²) in [6.07, 6.45) is 0.602. The third kappa shape index (κ3) is 4.45. The second-order valence-corrected chi connectivity index (χ2v) is 9.12. The number of carbonyl (C=O) groups is 2. The number of nitriles is 1. The Bertz CT molecular complexity index is 1210. The Kier molecular flexibility index (Phi) is 5.39. The van der Waals surface area contributed by atoms with Gasteiger partial charge in [-0.05, 0) is 50.8 Å². The number of carbonyl (C=O) groups excluding carboxylic acids is 2. The minimum absolute atomic E-state index is 0.212. The number of fused-ring (bicyclic) bond motifs is 1. The maximum atomic E-state index is 12.7. The molecule has 1 heterocycles. The first-order valence-corrected chi connectivity index (χ1v) is 10.6. The summed E-state index contributed by atoms with van der Waals surface area (Å²) in [5.74, 6) is -0.212. The number of hydrogen-bond donors (Lipinski definition) is 3. The fourth-order valence-corrected chi connectivity index (χ4v) is 3.70. The zero-order valence-corrected chi connectivity index (χ0v) is 18.4. The molecule has 0 saturated heterocycles. The molecule has 164 valence electrons. The van der Waals surface area contributed by atoms with E-state index in [1.165, 1.54) is 0 Å². The fourth-order valence-electron chi connectivity index (χ4n) is 3.70. The standard InChI is InChI=1S/C25H26N4O3/c1-24(2,3)32-23(31)29-25(12-13-25)22(30)27-15-16-8-10-17(11-9-16)21-18-6-4-5-7-19(18)28-20(21)14-26/h4-11,28H,12-13,15H2,1-3H3,(H,27,30)(H,29,31). The summed E-state index contributed by atoms with van der Waals surface area (Å²) in [4.78, 5) is 27.9. The molecule has 0 spiro atoms. The van der Waals surface area contributed by atoms with Crippen LogP contribution in [-0.4, -0.2) is 28.1 Å². The highest BCUT2D eigenvalue weighted by Gasteiger charge is 2.51. The number of alkyl carbamates (subject to hydrolysis) is 1. The van der Waals surface area contributed by atoms with Gasteiger partial charge >= 0.3 is 6.09 Å². The lowest BCUT2D eigenvalue weighted by atomic mass is 10.0. The summed E-state index contributed by atoms with van der Waals surface area (Å²) in [5.41, 5.74) is 2.67. The number of rotatable bonds is 5. The van der Waals surface area contributed by atoms with E-state index in [2.05, 4.69) is 21.7 Å². The van der Waals surface area contributed by atoms with Gasteiger partial charge in [0.05, 0.1) is 0 Å².